The number of fused-ring (bicyclic) bond motifs is 1. The number of unbranched alkanes of at least 4 members (excludes halogenated alkanes) is 2. The van der Waals surface area contributed by atoms with E-state index in [-0.39, 0.29) is 0 Å². The summed E-state index contributed by atoms with van der Waals surface area (Å²) in [5, 5.41) is 2.05. The van der Waals surface area contributed by atoms with Crippen LogP contribution in [0.25, 0.3) is 10.8 Å². The van der Waals surface area contributed by atoms with Gasteiger partial charge >= 0.3 is 7.60 Å². The van der Waals surface area contributed by atoms with Crippen molar-refractivity contribution < 1.29 is 13.6 Å². The Kier molecular flexibility index (Phi) is 6.48. The lowest BCUT2D eigenvalue weighted by molar-refractivity contribution is 0.260. The lowest BCUT2D eigenvalue weighted by Gasteiger charge is -2.20. The molecule has 0 saturated carbocycles. The van der Waals surface area contributed by atoms with E-state index in [1.165, 1.54) is 0 Å². The van der Waals surface area contributed by atoms with Gasteiger partial charge in [0.2, 0.25) is 0 Å². The summed E-state index contributed by atoms with van der Waals surface area (Å²) in [6.07, 6.45) is 4.20. The molecule has 120 valence electrons. The van der Waals surface area contributed by atoms with Gasteiger partial charge in [0.1, 0.15) is 5.75 Å². The molecule has 2 rings (SSSR count). The molecule has 0 N–H and O–H groups in total. The predicted octanol–water partition coefficient (Wildman–Crippen LogP) is 6.03. The van der Waals surface area contributed by atoms with E-state index in [0.29, 0.717) is 18.5 Å². The van der Waals surface area contributed by atoms with Crippen LogP contribution in [0.15, 0.2) is 42.5 Å². The van der Waals surface area contributed by atoms with Crippen molar-refractivity contribution in [3.05, 3.63) is 42.5 Å². The summed E-state index contributed by atoms with van der Waals surface area (Å²) in [4.78, 5) is 0. The molecule has 0 aliphatic heterocycles. The van der Waals surface area contributed by atoms with Crippen LogP contribution < -0.4 is 4.52 Å². The minimum atomic E-state index is -3.09. The molecule has 0 aromatic heterocycles. The Bertz CT molecular complexity index is 634. The van der Waals surface area contributed by atoms with E-state index in [4.69, 9.17) is 9.05 Å². The van der Waals surface area contributed by atoms with Gasteiger partial charge in [0.05, 0.1) is 12.8 Å². The Morgan fingerprint density at radius 3 is 2.45 bits per heavy atom. The fraction of sp³-hybridized carbons (Fsp3) is 0.444. The first-order chi connectivity index (χ1) is 10.7. The van der Waals surface area contributed by atoms with Gasteiger partial charge in [0.15, 0.2) is 0 Å². The summed E-state index contributed by atoms with van der Waals surface area (Å²) >= 11 is 0. The lowest BCUT2D eigenvalue weighted by Crippen LogP contribution is -2.04. The van der Waals surface area contributed by atoms with Gasteiger partial charge in [-0.05, 0) is 24.3 Å². The van der Waals surface area contributed by atoms with Gasteiger partial charge in [-0.1, -0.05) is 63.1 Å². The molecular formula is C18H25O3P. The maximum Gasteiger partial charge on any atom is 0.379 e. The minimum absolute atomic E-state index is 0.469. The molecule has 0 aliphatic rings. The molecule has 0 heterocycles. The SMILES string of the molecule is CCCCOP(=O)(CCCC)Oc1cccc2ccccc12. The first kappa shape index (κ1) is 17.1. The minimum Gasteiger partial charge on any atom is -0.424 e. The van der Waals surface area contributed by atoms with Gasteiger partial charge in [0, 0.05) is 5.39 Å². The number of benzene rings is 2. The molecule has 0 radical (unpaired) electrons. The van der Waals surface area contributed by atoms with Crippen molar-refractivity contribution in [2.24, 2.45) is 0 Å². The fourth-order valence-electron chi connectivity index (χ4n) is 2.26. The van der Waals surface area contributed by atoms with Crippen LogP contribution in [0.4, 0.5) is 0 Å². The first-order valence-corrected chi connectivity index (χ1v) is 9.82. The van der Waals surface area contributed by atoms with Gasteiger partial charge in [-0.2, -0.15) is 0 Å². The molecule has 1 unspecified atom stereocenters. The van der Waals surface area contributed by atoms with Crippen molar-refractivity contribution in [1.29, 1.82) is 0 Å². The maximum absolute atomic E-state index is 13.0. The average molecular weight is 320 g/mol. The summed E-state index contributed by atoms with van der Waals surface area (Å²) in [5.41, 5.74) is 0. The van der Waals surface area contributed by atoms with Crippen LogP contribution in [-0.4, -0.2) is 12.8 Å². The zero-order valence-electron chi connectivity index (χ0n) is 13.5. The molecule has 0 amide bonds. The second-order valence-electron chi connectivity index (χ2n) is 5.44. The summed E-state index contributed by atoms with van der Waals surface area (Å²) in [7, 11) is -3.09. The van der Waals surface area contributed by atoms with Crippen molar-refractivity contribution >= 4 is 18.4 Å². The Balaban J connectivity index is 2.22. The monoisotopic (exact) mass is 320 g/mol. The molecule has 0 spiro atoms. The molecule has 22 heavy (non-hydrogen) atoms. The van der Waals surface area contributed by atoms with Crippen LogP contribution in [0.2, 0.25) is 0 Å². The summed E-state index contributed by atoms with van der Waals surface area (Å²) in [6, 6.07) is 13.8. The number of hydrogen-bond donors (Lipinski definition) is 0. The number of hydrogen-bond acceptors (Lipinski definition) is 3. The van der Waals surface area contributed by atoms with Gasteiger partial charge in [-0.3, -0.25) is 4.52 Å². The van der Waals surface area contributed by atoms with Gasteiger partial charge in [-0.15, -0.1) is 0 Å². The van der Waals surface area contributed by atoms with E-state index < -0.39 is 7.60 Å². The van der Waals surface area contributed by atoms with E-state index in [1.54, 1.807) is 0 Å². The third-order valence-corrected chi connectivity index (χ3v) is 5.47. The second kappa shape index (κ2) is 8.36. The van der Waals surface area contributed by atoms with Crippen LogP contribution in [0.5, 0.6) is 5.75 Å². The van der Waals surface area contributed by atoms with Crippen molar-refractivity contribution in [1.82, 2.24) is 0 Å². The van der Waals surface area contributed by atoms with E-state index in [1.807, 2.05) is 42.5 Å². The Morgan fingerprint density at radius 2 is 1.68 bits per heavy atom. The highest BCUT2D eigenvalue weighted by molar-refractivity contribution is 7.54. The van der Waals surface area contributed by atoms with Gasteiger partial charge < -0.3 is 4.52 Å². The molecule has 0 bridgehead atoms. The quantitative estimate of drug-likeness (QED) is 0.418. The highest BCUT2D eigenvalue weighted by Gasteiger charge is 2.26. The fourth-order valence-corrected chi connectivity index (χ4v) is 4.10. The van der Waals surface area contributed by atoms with Crippen LogP contribution in [0.1, 0.15) is 39.5 Å². The van der Waals surface area contributed by atoms with Crippen molar-refractivity contribution in [2.45, 2.75) is 39.5 Å². The van der Waals surface area contributed by atoms with E-state index in [0.717, 1.165) is 36.5 Å². The Hall–Kier alpha value is -1.31. The smallest absolute Gasteiger partial charge is 0.379 e. The van der Waals surface area contributed by atoms with Gasteiger partial charge in [-0.25, -0.2) is 4.57 Å². The number of rotatable bonds is 9. The molecule has 2 aromatic rings. The maximum atomic E-state index is 13.0. The van der Waals surface area contributed by atoms with Crippen molar-refractivity contribution in [3.8, 4) is 5.75 Å². The topological polar surface area (TPSA) is 35.5 Å². The van der Waals surface area contributed by atoms with E-state index in [2.05, 4.69) is 13.8 Å². The van der Waals surface area contributed by atoms with Crippen LogP contribution in [0.3, 0.4) is 0 Å². The summed E-state index contributed by atoms with van der Waals surface area (Å²) < 4.78 is 24.6. The molecular weight excluding hydrogens is 295 g/mol. The van der Waals surface area contributed by atoms with Crippen LogP contribution in [0, 0.1) is 0 Å². The molecule has 0 aliphatic carbocycles. The molecule has 2 aromatic carbocycles. The molecule has 0 saturated heterocycles. The summed E-state index contributed by atoms with van der Waals surface area (Å²) in [6.45, 7) is 4.66. The summed E-state index contributed by atoms with van der Waals surface area (Å²) in [5.74, 6) is 0.647. The molecule has 1 atom stereocenters. The largest absolute Gasteiger partial charge is 0.424 e. The van der Waals surface area contributed by atoms with Crippen molar-refractivity contribution in [3.63, 3.8) is 0 Å². The normalized spacial score (nSPS) is 13.9. The van der Waals surface area contributed by atoms with Gasteiger partial charge in [0.25, 0.3) is 0 Å². The highest BCUT2D eigenvalue weighted by Crippen LogP contribution is 2.50. The molecule has 0 fully saturated rings. The first-order valence-electron chi connectivity index (χ1n) is 8.09. The second-order valence-corrected chi connectivity index (χ2v) is 7.55. The third-order valence-electron chi connectivity index (χ3n) is 3.56. The standard InChI is InChI=1S/C18H25O3P/c1-3-5-14-20-22(19,15-6-4-2)21-18-13-9-11-16-10-7-8-12-17(16)18/h7-13H,3-6,14-15H2,1-2H3. The van der Waals surface area contributed by atoms with E-state index >= 15 is 0 Å². The van der Waals surface area contributed by atoms with Crippen molar-refractivity contribution in [2.75, 3.05) is 12.8 Å². The average Bonchev–Trinajstić information content (AvgIpc) is 2.54. The predicted molar refractivity (Wildman–Crippen MR) is 92.8 cm³/mol. The van der Waals surface area contributed by atoms with Crippen LogP contribution in [-0.2, 0) is 9.09 Å². The molecule has 4 heteroatoms. The Labute approximate surface area is 133 Å². The van der Waals surface area contributed by atoms with Crippen LogP contribution >= 0.6 is 7.60 Å². The Morgan fingerprint density at radius 1 is 0.955 bits per heavy atom. The lowest BCUT2D eigenvalue weighted by atomic mass is 10.1. The van der Waals surface area contributed by atoms with E-state index in [9.17, 15) is 4.57 Å². The molecule has 3 nitrogen and oxygen atoms in total. The highest BCUT2D eigenvalue weighted by atomic mass is 31.2. The zero-order chi connectivity index (χ0) is 15.8. The third kappa shape index (κ3) is 4.59. The zero-order valence-corrected chi connectivity index (χ0v) is 14.4.